The summed E-state index contributed by atoms with van der Waals surface area (Å²) in [7, 11) is 3.61. The number of ketones is 1. The summed E-state index contributed by atoms with van der Waals surface area (Å²) >= 11 is 0. The fourth-order valence-electron chi connectivity index (χ4n) is 1.06. The molecule has 0 aromatic rings. The van der Waals surface area contributed by atoms with Crippen LogP contribution in [0, 0.1) is 5.92 Å². The number of ether oxygens (including phenoxy) is 1. The number of esters is 1. The summed E-state index contributed by atoms with van der Waals surface area (Å²) in [4.78, 5) is 24.6. The minimum atomic E-state index is -0.778. The lowest BCUT2D eigenvalue weighted by Gasteiger charge is -2.13. The molecule has 0 unspecified atom stereocenters. The van der Waals surface area contributed by atoms with Crippen molar-refractivity contribution in [1.29, 1.82) is 0 Å². The Labute approximate surface area is 90.9 Å². The first-order valence-corrected chi connectivity index (χ1v) is 4.99. The van der Waals surface area contributed by atoms with Gasteiger partial charge in [-0.05, 0) is 12.8 Å². The average molecular weight is 213 g/mol. The van der Waals surface area contributed by atoms with Gasteiger partial charge in [-0.3, -0.25) is 4.79 Å². The van der Waals surface area contributed by atoms with Crippen molar-refractivity contribution >= 4 is 11.8 Å². The van der Waals surface area contributed by atoms with Crippen LogP contribution in [0.1, 0.15) is 20.8 Å². The lowest BCUT2D eigenvalue weighted by atomic mass is 10.00. The Hall–Kier alpha value is -1.32. The molecule has 0 aliphatic heterocycles. The lowest BCUT2D eigenvalue weighted by molar-refractivity contribution is -0.152. The number of hydrogen-bond acceptors (Lipinski definition) is 4. The van der Waals surface area contributed by atoms with Crippen LogP contribution in [-0.2, 0) is 14.3 Å². The van der Waals surface area contributed by atoms with E-state index in [-0.39, 0.29) is 12.5 Å². The van der Waals surface area contributed by atoms with Crippen LogP contribution in [0.15, 0.2) is 11.8 Å². The molecule has 0 aliphatic rings. The maximum absolute atomic E-state index is 11.6. The van der Waals surface area contributed by atoms with Crippen molar-refractivity contribution < 1.29 is 14.3 Å². The fraction of sp³-hybridized carbons (Fsp3) is 0.636. The third kappa shape index (κ3) is 4.63. The van der Waals surface area contributed by atoms with Gasteiger partial charge in [0.1, 0.15) is 0 Å². The topological polar surface area (TPSA) is 46.6 Å². The molecule has 0 N–H and O–H groups in total. The van der Waals surface area contributed by atoms with Gasteiger partial charge in [0.2, 0.25) is 0 Å². The molecular formula is C11H19NO3. The Kier molecular flexibility index (Phi) is 5.67. The van der Waals surface area contributed by atoms with Gasteiger partial charge in [0.15, 0.2) is 0 Å². The van der Waals surface area contributed by atoms with Crippen LogP contribution >= 0.6 is 0 Å². The number of nitrogens with zero attached hydrogens (tertiary/aromatic N) is 1. The largest absolute Gasteiger partial charge is 0.460 e. The zero-order valence-corrected chi connectivity index (χ0v) is 10.0. The number of Topliss-reactive ketones (excluding diaryl/α,β-unsaturated/α-hetero) is 1. The molecule has 4 heteroatoms. The fourth-order valence-corrected chi connectivity index (χ4v) is 1.06. The van der Waals surface area contributed by atoms with E-state index >= 15 is 0 Å². The second-order valence-corrected chi connectivity index (χ2v) is 3.75. The lowest BCUT2D eigenvalue weighted by Crippen LogP contribution is -2.23. The van der Waals surface area contributed by atoms with Crippen molar-refractivity contribution in [3.63, 3.8) is 0 Å². The van der Waals surface area contributed by atoms with E-state index in [2.05, 4.69) is 4.74 Å². The summed E-state index contributed by atoms with van der Waals surface area (Å²) in [5.41, 5.74) is 0.471. The molecule has 0 bridgehead atoms. The van der Waals surface area contributed by atoms with Gasteiger partial charge >= 0.3 is 5.97 Å². The Balaban J connectivity index is 4.79. The van der Waals surface area contributed by atoms with E-state index in [0.717, 1.165) is 0 Å². The Morgan fingerprint density at radius 1 is 1.33 bits per heavy atom. The zero-order chi connectivity index (χ0) is 12.0. The SMILES string of the molecule is CCOC(=O)C(=O)/C(=C\N(C)C)C(C)C. The van der Waals surface area contributed by atoms with Gasteiger partial charge in [0.05, 0.1) is 6.61 Å². The molecule has 0 fully saturated rings. The highest BCUT2D eigenvalue weighted by molar-refractivity contribution is 6.40. The van der Waals surface area contributed by atoms with Crippen molar-refractivity contribution in [2.75, 3.05) is 20.7 Å². The maximum Gasteiger partial charge on any atom is 0.379 e. The molecule has 15 heavy (non-hydrogen) atoms. The van der Waals surface area contributed by atoms with Crippen LogP contribution in [-0.4, -0.2) is 37.4 Å². The molecule has 0 aromatic carbocycles. The van der Waals surface area contributed by atoms with Gasteiger partial charge in [0.25, 0.3) is 5.78 Å². The molecule has 0 saturated carbocycles. The monoisotopic (exact) mass is 213 g/mol. The van der Waals surface area contributed by atoms with Crippen LogP contribution < -0.4 is 0 Å². The van der Waals surface area contributed by atoms with Crippen LogP contribution in [0.2, 0.25) is 0 Å². The van der Waals surface area contributed by atoms with Crippen LogP contribution in [0.25, 0.3) is 0 Å². The highest BCUT2D eigenvalue weighted by Gasteiger charge is 2.22. The van der Waals surface area contributed by atoms with E-state index in [1.807, 2.05) is 13.8 Å². The van der Waals surface area contributed by atoms with E-state index in [1.54, 1.807) is 32.1 Å². The first-order valence-electron chi connectivity index (χ1n) is 4.99. The molecule has 0 atom stereocenters. The summed E-state index contributed by atoms with van der Waals surface area (Å²) in [5.74, 6) is -1.33. The minimum Gasteiger partial charge on any atom is -0.460 e. The summed E-state index contributed by atoms with van der Waals surface area (Å²) in [6, 6.07) is 0. The average Bonchev–Trinajstić information content (AvgIpc) is 2.12. The van der Waals surface area contributed by atoms with Gasteiger partial charge in [-0.15, -0.1) is 0 Å². The molecule has 0 aromatic heterocycles. The van der Waals surface area contributed by atoms with E-state index in [9.17, 15) is 9.59 Å². The van der Waals surface area contributed by atoms with Gasteiger partial charge in [-0.1, -0.05) is 13.8 Å². The van der Waals surface area contributed by atoms with E-state index < -0.39 is 11.8 Å². The number of carbonyl (C=O) groups is 2. The summed E-state index contributed by atoms with van der Waals surface area (Å²) < 4.78 is 4.67. The summed E-state index contributed by atoms with van der Waals surface area (Å²) in [6.07, 6.45) is 1.66. The van der Waals surface area contributed by atoms with Gasteiger partial charge < -0.3 is 9.64 Å². The third-order valence-corrected chi connectivity index (χ3v) is 1.74. The van der Waals surface area contributed by atoms with Gasteiger partial charge in [0, 0.05) is 25.9 Å². The summed E-state index contributed by atoms with van der Waals surface area (Å²) in [5, 5.41) is 0. The molecule has 0 saturated heterocycles. The Bertz CT molecular complexity index is 267. The van der Waals surface area contributed by atoms with E-state index in [4.69, 9.17) is 0 Å². The van der Waals surface area contributed by atoms with Crippen molar-refractivity contribution in [2.24, 2.45) is 5.92 Å². The van der Waals surface area contributed by atoms with Crippen molar-refractivity contribution in [1.82, 2.24) is 4.90 Å². The molecule has 86 valence electrons. The predicted octanol–water partition coefficient (Wildman–Crippen LogP) is 1.22. The smallest absolute Gasteiger partial charge is 0.379 e. The molecule has 0 aliphatic carbocycles. The number of rotatable bonds is 5. The van der Waals surface area contributed by atoms with Crippen molar-refractivity contribution in [2.45, 2.75) is 20.8 Å². The third-order valence-electron chi connectivity index (χ3n) is 1.74. The molecule has 0 heterocycles. The van der Waals surface area contributed by atoms with Crippen LogP contribution in [0.3, 0.4) is 0 Å². The quantitative estimate of drug-likeness (QED) is 0.391. The van der Waals surface area contributed by atoms with E-state index in [0.29, 0.717) is 5.57 Å². The molecule has 0 amide bonds. The number of hydrogen-bond donors (Lipinski definition) is 0. The molecule has 4 nitrogen and oxygen atoms in total. The van der Waals surface area contributed by atoms with Gasteiger partial charge in [-0.25, -0.2) is 4.79 Å². The Morgan fingerprint density at radius 2 is 1.87 bits per heavy atom. The molecule has 0 radical (unpaired) electrons. The first kappa shape index (κ1) is 13.7. The molecule has 0 spiro atoms. The maximum atomic E-state index is 11.6. The summed E-state index contributed by atoms with van der Waals surface area (Å²) in [6.45, 7) is 5.63. The van der Waals surface area contributed by atoms with Crippen molar-refractivity contribution in [3.05, 3.63) is 11.8 Å². The highest BCUT2D eigenvalue weighted by Crippen LogP contribution is 2.12. The molecular weight excluding hydrogens is 194 g/mol. The second kappa shape index (κ2) is 6.22. The molecule has 0 rings (SSSR count). The Morgan fingerprint density at radius 3 is 2.20 bits per heavy atom. The standard InChI is InChI=1S/C11H19NO3/c1-6-15-11(14)10(13)9(8(2)3)7-12(4)5/h7-8H,6H2,1-5H3/b9-7-. The van der Waals surface area contributed by atoms with Crippen LogP contribution in [0.5, 0.6) is 0 Å². The van der Waals surface area contributed by atoms with Crippen LogP contribution in [0.4, 0.5) is 0 Å². The first-order chi connectivity index (χ1) is 6.90. The van der Waals surface area contributed by atoms with Gasteiger partial charge in [-0.2, -0.15) is 0 Å². The normalized spacial score (nSPS) is 11.5. The predicted molar refractivity (Wildman–Crippen MR) is 58.2 cm³/mol. The number of carbonyl (C=O) groups excluding carboxylic acids is 2. The van der Waals surface area contributed by atoms with Crippen molar-refractivity contribution in [3.8, 4) is 0 Å². The zero-order valence-electron chi connectivity index (χ0n) is 10.0. The second-order valence-electron chi connectivity index (χ2n) is 3.75. The minimum absolute atomic E-state index is 0.00399. The highest BCUT2D eigenvalue weighted by atomic mass is 16.5. The van der Waals surface area contributed by atoms with E-state index in [1.165, 1.54) is 0 Å².